The van der Waals surface area contributed by atoms with Gasteiger partial charge in [0.05, 0.1) is 6.26 Å². The van der Waals surface area contributed by atoms with Gasteiger partial charge in [-0.15, -0.1) is 0 Å². The summed E-state index contributed by atoms with van der Waals surface area (Å²) in [5.74, 6) is 4.52. The molecule has 1 atom stereocenters. The summed E-state index contributed by atoms with van der Waals surface area (Å²) in [6, 6.07) is 6.44. The zero-order valence-corrected chi connectivity index (χ0v) is 15.1. The third kappa shape index (κ3) is 3.66. The van der Waals surface area contributed by atoms with E-state index in [2.05, 4.69) is 66.7 Å². The summed E-state index contributed by atoms with van der Waals surface area (Å²) < 4.78 is 11.8. The van der Waals surface area contributed by atoms with E-state index in [0.29, 0.717) is 17.8 Å². The lowest BCUT2D eigenvalue weighted by Crippen LogP contribution is -2.19. The molecule has 0 radical (unpaired) electrons. The average Bonchev–Trinajstić information content (AvgIpc) is 3.08. The first-order valence-corrected chi connectivity index (χ1v) is 8.39. The van der Waals surface area contributed by atoms with Crippen molar-refractivity contribution in [1.82, 2.24) is 0 Å². The summed E-state index contributed by atoms with van der Waals surface area (Å²) in [7, 11) is 0. The van der Waals surface area contributed by atoms with E-state index in [1.165, 1.54) is 5.56 Å². The van der Waals surface area contributed by atoms with Crippen molar-refractivity contribution in [3.8, 4) is 0 Å². The Labute approximate surface area is 134 Å². The van der Waals surface area contributed by atoms with Crippen LogP contribution in [0.25, 0.3) is 0 Å². The minimum atomic E-state index is -0.00264. The van der Waals surface area contributed by atoms with Gasteiger partial charge < -0.3 is 8.83 Å². The van der Waals surface area contributed by atoms with Gasteiger partial charge in [-0.05, 0) is 36.1 Å². The van der Waals surface area contributed by atoms with Crippen molar-refractivity contribution in [1.29, 1.82) is 0 Å². The molecule has 2 heterocycles. The predicted octanol–water partition coefficient (Wildman–Crippen LogP) is 6.59. The monoisotopic (exact) mass is 302 g/mol. The van der Waals surface area contributed by atoms with E-state index in [9.17, 15) is 0 Å². The lowest BCUT2D eigenvalue weighted by molar-refractivity contribution is 0.316. The van der Waals surface area contributed by atoms with Gasteiger partial charge >= 0.3 is 0 Å². The topological polar surface area (TPSA) is 26.3 Å². The Hall–Kier alpha value is -1.44. The molecule has 2 aromatic heterocycles. The van der Waals surface area contributed by atoms with E-state index in [-0.39, 0.29) is 5.41 Å². The van der Waals surface area contributed by atoms with Crippen molar-refractivity contribution in [2.24, 2.45) is 0 Å². The van der Waals surface area contributed by atoms with Crippen molar-refractivity contribution in [2.45, 2.75) is 78.1 Å². The van der Waals surface area contributed by atoms with Crippen LogP contribution >= 0.6 is 0 Å². The van der Waals surface area contributed by atoms with Crippen molar-refractivity contribution in [3.05, 3.63) is 47.3 Å². The van der Waals surface area contributed by atoms with Crippen LogP contribution < -0.4 is 0 Å². The molecule has 0 amide bonds. The van der Waals surface area contributed by atoms with Crippen LogP contribution in [0.3, 0.4) is 0 Å². The molecular weight excluding hydrogens is 272 g/mol. The highest BCUT2D eigenvalue weighted by Crippen LogP contribution is 2.37. The number of furan rings is 2. The first-order valence-electron chi connectivity index (χ1n) is 8.39. The van der Waals surface area contributed by atoms with E-state index in [1.54, 1.807) is 0 Å². The van der Waals surface area contributed by atoms with Gasteiger partial charge in [0, 0.05) is 17.3 Å². The number of rotatable bonds is 6. The van der Waals surface area contributed by atoms with Gasteiger partial charge in [-0.3, -0.25) is 0 Å². The molecule has 0 N–H and O–H groups in total. The molecule has 0 spiro atoms. The summed E-state index contributed by atoms with van der Waals surface area (Å²) in [6.45, 7) is 15.4. The third-order valence-electron chi connectivity index (χ3n) is 4.47. The fourth-order valence-electron chi connectivity index (χ4n) is 2.92. The van der Waals surface area contributed by atoms with E-state index in [0.717, 1.165) is 23.7 Å². The largest absolute Gasteiger partial charge is 0.469 e. The summed E-state index contributed by atoms with van der Waals surface area (Å²) in [5, 5.41) is 0. The van der Waals surface area contributed by atoms with Gasteiger partial charge in [-0.25, -0.2) is 0 Å². The maximum atomic E-state index is 6.06. The molecule has 2 heteroatoms. The maximum Gasteiger partial charge on any atom is 0.109 e. The Balaban J connectivity index is 2.12. The highest BCUT2D eigenvalue weighted by molar-refractivity contribution is 5.21. The SMILES string of the molecule is CC(C)c1coc(C(C)CC(C)(C)c2ccc(C(C)C)o2)c1. The highest BCUT2D eigenvalue weighted by atomic mass is 16.3. The van der Waals surface area contributed by atoms with Gasteiger partial charge in [-0.2, -0.15) is 0 Å². The smallest absolute Gasteiger partial charge is 0.109 e. The molecule has 0 aliphatic rings. The molecule has 1 unspecified atom stereocenters. The second kappa shape index (κ2) is 6.36. The van der Waals surface area contributed by atoms with Crippen LogP contribution in [-0.4, -0.2) is 0 Å². The quantitative estimate of drug-likeness (QED) is 0.601. The van der Waals surface area contributed by atoms with Crippen molar-refractivity contribution in [2.75, 3.05) is 0 Å². The number of hydrogen-bond acceptors (Lipinski definition) is 2. The predicted molar refractivity (Wildman–Crippen MR) is 91.7 cm³/mol. The normalized spacial score (nSPS) is 14.0. The van der Waals surface area contributed by atoms with E-state index in [1.807, 2.05) is 6.26 Å². The summed E-state index contributed by atoms with van der Waals surface area (Å²) in [4.78, 5) is 0. The Morgan fingerprint density at radius 1 is 0.955 bits per heavy atom. The second-order valence-corrected chi connectivity index (χ2v) is 7.78. The van der Waals surface area contributed by atoms with Crippen molar-refractivity contribution >= 4 is 0 Å². The lowest BCUT2D eigenvalue weighted by Gasteiger charge is -2.25. The molecule has 2 nitrogen and oxygen atoms in total. The Kier molecular flexibility index (Phi) is 4.89. The summed E-state index contributed by atoms with van der Waals surface area (Å²) in [6.07, 6.45) is 2.90. The Morgan fingerprint density at radius 3 is 2.14 bits per heavy atom. The molecule has 0 aliphatic carbocycles. The third-order valence-corrected chi connectivity index (χ3v) is 4.47. The van der Waals surface area contributed by atoms with Crippen LogP contribution in [0.1, 0.15) is 95.5 Å². The molecule has 2 aromatic rings. The molecule has 0 saturated heterocycles. The molecule has 0 aliphatic heterocycles. The highest BCUT2D eigenvalue weighted by Gasteiger charge is 2.29. The maximum absolute atomic E-state index is 6.06. The molecular formula is C20H30O2. The standard InChI is InChI=1S/C20H30O2/c1-13(2)16-10-18(21-12-16)15(5)11-20(6,7)19-9-8-17(22-19)14(3)4/h8-10,12-15H,11H2,1-7H3. The fraction of sp³-hybridized carbons (Fsp3) is 0.600. The van der Waals surface area contributed by atoms with Gasteiger partial charge in [-0.1, -0.05) is 48.5 Å². The van der Waals surface area contributed by atoms with Crippen LogP contribution in [-0.2, 0) is 5.41 Å². The zero-order valence-electron chi connectivity index (χ0n) is 15.1. The van der Waals surface area contributed by atoms with Crippen LogP contribution in [0.5, 0.6) is 0 Å². The molecule has 2 rings (SSSR count). The molecule has 22 heavy (non-hydrogen) atoms. The van der Waals surface area contributed by atoms with Gasteiger partial charge in [0.1, 0.15) is 17.3 Å². The Morgan fingerprint density at radius 2 is 1.64 bits per heavy atom. The minimum Gasteiger partial charge on any atom is -0.469 e. The summed E-state index contributed by atoms with van der Waals surface area (Å²) in [5.41, 5.74) is 1.27. The van der Waals surface area contributed by atoms with E-state index < -0.39 is 0 Å². The van der Waals surface area contributed by atoms with Crippen LogP contribution in [0, 0.1) is 0 Å². The van der Waals surface area contributed by atoms with Gasteiger partial charge in [0.15, 0.2) is 0 Å². The van der Waals surface area contributed by atoms with E-state index in [4.69, 9.17) is 8.83 Å². The molecule has 0 saturated carbocycles. The Bertz CT molecular complexity index is 599. The van der Waals surface area contributed by atoms with Crippen molar-refractivity contribution < 1.29 is 8.83 Å². The molecule has 0 fully saturated rings. The van der Waals surface area contributed by atoms with Crippen LogP contribution in [0.4, 0.5) is 0 Å². The van der Waals surface area contributed by atoms with E-state index >= 15 is 0 Å². The molecule has 0 aromatic carbocycles. The first kappa shape index (κ1) is 16.9. The molecule has 122 valence electrons. The lowest BCUT2D eigenvalue weighted by atomic mass is 9.80. The first-order chi connectivity index (χ1) is 10.2. The van der Waals surface area contributed by atoms with Crippen LogP contribution in [0.15, 0.2) is 33.3 Å². The van der Waals surface area contributed by atoms with Gasteiger partial charge in [0.25, 0.3) is 0 Å². The number of hydrogen-bond donors (Lipinski definition) is 0. The van der Waals surface area contributed by atoms with Crippen molar-refractivity contribution in [3.63, 3.8) is 0 Å². The fourth-order valence-corrected chi connectivity index (χ4v) is 2.92. The van der Waals surface area contributed by atoms with Gasteiger partial charge in [0.2, 0.25) is 0 Å². The zero-order chi connectivity index (χ0) is 16.5. The second-order valence-electron chi connectivity index (χ2n) is 7.78. The average molecular weight is 302 g/mol. The van der Waals surface area contributed by atoms with Crippen LogP contribution in [0.2, 0.25) is 0 Å². The minimum absolute atomic E-state index is 0.00264. The molecule has 0 bridgehead atoms. The summed E-state index contributed by atoms with van der Waals surface area (Å²) >= 11 is 0.